The van der Waals surface area contributed by atoms with Gasteiger partial charge in [-0.2, -0.15) is 5.10 Å². The number of halogens is 1. The van der Waals surface area contributed by atoms with Crippen molar-refractivity contribution >= 4 is 5.91 Å². The quantitative estimate of drug-likeness (QED) is 0.939. The molecule has 3 rings (SSSR count). The van der Waals surface area contributed by atoms with Crippen molar-refractivity contribution in [2.45, 2.75) is 25.8 Å². The van der Waals surface area contributed by atoms with Crippen LogP contribution in [-0.2, 0) is 6.42 Å². The summed E-state index contributed by atoms with van der Waals surface area (Å²) in [7, 11) is 0. The smallest absolute Gasteiger partial charge is 0.257 e. The zero-order valence-electron chi connectivity index (χ0n) is 12.5. The molecule has 1 aliphatic rings. The maximum absolute atomic E-state index is 13.1. The van der Waals surface area contributed by atoms with Crippen LogP contribution in [0.2, 0.25) is 0 Å². The standard InChI is InChI=1S/C16H19FN4O/c1-2-15-14(16(22)20-8-7-12(18)10-20)9-19-21(15)13-5-3-11(17)4-6-13/h3-6,9,12H,2,7-8,10,18H2,1H3/t12-/m0/s1. The van der Waals surface area contributed by atoms with Crippen molar-refractivity contribution in [3.05, 3.63) is 47.5 Å². The summed E-state index contributed by atoms with van der Waals surface area (Å²) in [5.74, 6) is -0.325. The Balaban J connectivity index is 1.93. The minimum Gasteiger partial charge on any atom is -0.337 e. The van der Waals surface area contributed by atoms with E-state index in [0.717, 1.165) is 17.8 Å². The predicted octanol–water partition coefficient (Wildman–Crippen LogP) is 1.75. The monoisotopic (exact) mass is 302 g/mol. The van der Waals surface area contributed by atoms with Crippen molar-refractivity contribution in [3.8, 4) is 5.69 Å². The second kappa shape index (κ2) is 5.88. The van der Waals surface area contributed by atoms with Crippen molar-refractivity contribution in [1.29, 1.82) is 0 Å². The Hall–Kier alpha value is -2.21. The minimum absolute atomic E-state index is 0.0295. The number of carbonyl (C=O) groups is 1. The van der Waals surface area contributed by atoms with Gasteiger partial charge in [0.1, 0.15) is 5.82 Å². The Morgan fingerprint density at radius 1 is 1.41 bits per heavy atom. The van der Waals surface area contributed by atoms with Gasteiger partial charge in [0.05, 0.1) is 23.1 Å². The molecule has 1 atom stereocenters. The van der Waals surface area contributed by atoms with Gasteiger partial charge in [0.15, 0.2) is 0 Å². The van der Waals surface area contributed by atoms with Gasteiger partial charge in [-0.1, -0.05) is 6.92 Å². The highest BCUT2D eigenvalue weighted by Crippen LogP contribution is 2.19. The number of benzene rings is 1. The summed E-state index contributed by atoms with van der Waals surface area (Å²) in [4.78, 5) is 14.4. The first-order chi connectivity index (χ1) is 10.6. The van der Waals surface area contributed by atoms with E-state index in [0.29, 0.717) is 25.1 Å². The first-order valence-electron chi connectivity index (χ1n) is 7.48. The number of nitrogens with two attached hydrogens (primary N) is 1. The number of likely N-dealkylation sites (tertiary alicyclic amines) is 1. The molecule has 22 heavy (non-hydrogen) atoms. The fourth-order valence-electron chi connectivity index (χ4n) is 2.84. The molecule has 1 aromatic carbocycles. The van der Waals surface area contributed by atoms with Crippen molar-refractivity contribution in [2.24, 2.45) is 5.73 Å². The maximum atomic E-state index is 13.1. The van der Waals surface area contributed by atoms with E-state index in [4.69, 9.17) is 5.73 Å². The van der Waals surface area contributed by atoms with E-state index in [1.54, 1.807) is 27.9 Å². The lowest BCUT2D eigenvalue weighted by molar-refractivity contribution is 0.0790. The van der Waals surface area contributed by atoms with Gasteiger partial charge in [-0.05, 0) is 37.1 Å². The number of hydrogen-bond donors (Lipinski definition) is 1. The van der Waals surface area contributed by atoms with Crippen LogP contribution in [-0.4, -0.2) is 39.7 Å². The SMILES string of the molecule is CCc1c(C(=O)N2CC[C@H](N)C2)cnn1-c1ccc(F)cc1. The summed E-state index contributed by atoms with van der Waals surface area (Å²) in [6.07, 6.45) is 3.09. The molecule has 116 valence electrons. The lowest BCUT2D eigenvalue weighted by atomic mass is 10.1. The van der Waals surface area contributed by atoms with Gasteiger partial charge in [0.25, 0.3) is 5.91 Å². The van der Waals surface area contributed by atoms with Crippen LogP contribution < -0.4 is 5.73 Å². The Morgan fingerprint density at radius 3 is 2.73 bits per heavy atom. The Labute approximate surface area is 128 Å². The zero-order chi connectivity index (χ0) is 15.7. The van der Waals surface area contributed by atoms with E-state index in [1.165, 1.54) is 12.1 Å². The molecule has 0 aliphatic carbocycles. The minimum atomic E-state index is -0.295. The molecule has 6 heteroatoms. The Bertz CT molecular complexity index is 680. The van der Waals surface area contributed by atoms with E-state index >= 15 is 0 Å². The molecule has 1 aliphatic heterocycles. The molecule has 1 fully saturated rings. The molecule has 0 radical (unpaired) electrons. The second-order valence-corrected chi connectivity index (χ2v) is 5.55. The zero-order valence-corrected chi connectivity index (χ0v) is 12.5. The number of carbonyl (C=O) groups excluding carboxylic acids is 1. The van der Waals surface area contributed by atoms with Crippen molar-refractivity contribution in [1.82, 2.24) is 14.7 Å². The van der Waals surface area contributed by atoms with Crippen molar-refractivity contribution in [3.63, 3.8) is 0 Å². The predicted molar refractivity (Wildman–Crippen MR) is 81.4 cm³/mol. The van der Waals surface area contributed by atoms with E-state index < -0.39 is 0 Å². The molecule has 2 N–H and O–H groups in total. The molecule has 0 bridgehead atoms. The first kappa shape index (κ1) is 14.7. The highest BCUT2D eigenvalue weighted by Gasteiger charge is 2.27. The number of rotatable bonds is 3. The molecular weight excluding hydrogens is 283 g/mol. The van der Waals surface area contributed by atoms with Gasteiger partial charge in [-0.3, -0.25) is 4.79 Å². The van der Waals surface area contributed by atoms with E-state index in [9.17, 15) is 9.18 Å². The van der Waals surface area contributed by atoms with Crippen LogP contribution in [0.15, 0.2) is 30.5 Å². The third kappa shape index (κ3) is 2.62. The lowest BCUT2D eigenvalue weighted by Crippen LogP contribution is -2.32. The maximum Gasteiger partial charge on any atom is 0.257 e. The summed E-state index contributed by atoms with van der Waals surface area (Å²) >= 11 is 0. The van der Waals surface area contributed by atoms with Gasteiger partial charge in [-0.25, -0.2) is 9.07 Å². The van der Waals surface area contributed by atoms with Crippen LogP contribution in [0, 0.1) is 5.82 Å². The van der Waals surface area contributed by atoms with Crippen LogP contribution in [0.5, 0.6) is 0 Å². The molecule has 2 aromatic rings. The van der Waals surface area contributed by atoms with Gasteiger partial charge >= 0.3 is 0 Å². The van der Waals surface area contributed by atoms with Crippen molar-refractivity contribution < 1.29 is 9.18 Å². The lowest BCUT2D eigenvalue weighted by Gasteiger charge is -2.16. The highest BCUT2D eigenvalue weighted by molar-refractivity contribution is 5.95. The normalized spacial score (nSPS) is 18.0. The summed E-state index contributed by atoms with van der Waals surface area (Å²) < 4.78 is 14.8. The highest BCUT2D eigenvalue weighted by atomic mass is 19.1. The van der Waals surface area contributed by atoms with Crippen LogP contribution in [0.1, 0.15) is 29.4 Å². The number of amides is 1. The number of aromatic nitrogens is 2. The van der Waals surface area contributed by atoms with Gasteiger partial charge in [0.2, 0.25) is 0 Å². The van der Waals surface area contributed by atoms with Crippen molar-refractivity contribution in [2.75, 3.05) is 13.1 Å². The second-order valence-electron chi connectivity index (χ2n) is 5.55. The largest absolute Gasteiger partial charge is 0.337 e. The summed E-state index contributed by atoms with van der Waals surface area (Å²) in [6.45, 7) is 3.25. The van der Waals surface area contributed by atoms with Crippen LogP contribution in [0.25, 0.3) is 5.69 Å². The molecular formula is C16H19FN4O. The Kier molecular flexibility index (Phi) is 3.94. The topological polar surface area (TPSA) is 64.2 Å². The van der Waals surface area contributed by atoms with E-state index in [2.05, 4.69) is 5.10 Å². The van der Waals surface area contributed by atoms with E-state index in [-0.39, 0.29) is 17.8 Å². The third-order valence-corrected chi connectivity index (χ3v) is 4.02. The Morgan fingerprint density at radius 2 is 2.14 bits per heavy atom. The molecule has 0 unspecified atom stereocenters. The molecule has 1 saturated heterocycles. The average Bonchev–Trinajstić information content (AvgIpc) is 3.13. The van der Waals surface area contributed by atoms with Crippen LogP contribution in [0.4, 0.5) is 4.39 Å². The first-order valence-corrected chi connectivity index (χ1v) is 7.48. The summed E-state index contributed by atoms with van der Waals surface area (Å²) in [5.41, 5.74) is 8.05. The average molecular weight is 302 g/mol. The van der Waals surface area contributed by atoms with E-state index in [1.807, 2.05) is 6.92 Å². The van der Waals surface area contributed by atoms with Gasteiger partial charge < -0.3 is 10.6 Å². The molecule has 0 saturated carbocycles. The molecule has 0 spiro atoms. The summed E-state index contributed by atoms with van der Waals surface area (Å²) in [5, 5.41) is 4.31. The third-order valence-electron chi connectivity index (χ3n) is 4.02. The van der Waals surface area contributed by atoms with Gasteiger partial charge in [-0.15, -0.1) is 0 Å². The fourth-order valence-corrected chi connectivity index (χ4v) is 2.84. The number of nitrogens with zero attached hydrogens (tertiary/aromatic N) is 3. The summed E-state index contributed by atoms with van der Waals surface area (Å²) in [6, 6.07) is 6.14. The van der Waals surface area contributed by atoms with Crippen LogP contribution in [0.3, 0.4) is 0 Å². The molecule has 2 heterocycles. The van der Waals surface area contributed by atoms with Crippen LogP contribution >= 0.6 is 0 Å². The molecule has 1 aromatic heterocycles. The molecule has 5 nitrogen and oxygen atoms in total. The van der Waals surface area contributed by atoms with Gasteiger partial charge in [0, 0.05) is 19.1 Å². The molecule has 1 amide bonds. The fraction of sp³-hybridized carbons (Fsp3) is 0.375. The number of hydrogen-bond acceptors (Lipinski definition) is 3.